The van der Waals surface area contributed by atoms with Gasteiger partial charge in [-0.1, -0.05) is 67.8 Å². The SMILES string of the molecule is C=CC(=O)Oc1ccc(C=Cc2ccc(-c3ccc(-c4ccc(OC(=O)C=C)cc4)cc3)o2)cc1. The number of furan rings is 1. The van der Waals surface area contributed by atoms with Gasteiger partial charge in [-0.3, -0.25) is 0 Å². The average Bonchev–Trinajstić information content (AvgIpc) is 3.38. The molecule has 0 saturated heterocycles. The first-order chi connectivity index (χ1) is 17.0. The molecule has 0 aliphatic heterocycles. The maximum Gasteiger partial charge on any atom is 0.335 e. The maximum atomic E-state index is 11.3. The molecule has 0 unspecified atom stereocenters. The average molecular weight is 463 g/mol. The van der Waals surface area contributed by atoms with Crippen LogP contribution >= 0.6 is 0 Å². The lowest BCUT2D eigenvalue weighted by Crippen LogP contribution is -2.02. The molecule has 4 aromatic rings. The van der Waals surface area contributed by atoms with E-state index in [9.17, 15) is 9.59 Å². The highest BCUT2D eigenvalue weighted by molar-refractivity contribution is 5.84. The normalized spacial score (nSPS) is 10.6. The van der Waals surface area contributed by atoms with Crippen LogP contribution in [0, 0.1) is 0 Å². The molecule has 0 aliphatic rings. The fourth-order valence-electron chi connectivity index (χ4n) is 3.28. The highest BCUT2D eigenvalue weighted by Gasteiger charge is 2.06. The Balaban J connectivity index is 1.40. The van der Waals surface area contributed by atoms with Crippen LogP contribution in [0.4, 0.5) is 0 Å². The Kier molecular flexibility index (Phi) is 7.19. The minimum atomic E-state index is -0.492. The minimum absolute atomic E-state index is 0.461. The standard InChI is InChI=1S/C30H22O5/c1-3-29(31)34-26-15-6-21(7-16-26)5-14-25-19-20-28(33-25)24-10-8-22(9-11-24)23-12-17-27(18-13-23)35-30(32)4-2/h3-20H,1-2H2. The van der Waals surface area contributed by atoms with E-state index in [1.807, 2.05) is 72.8 Å². The van der Waals surface area contributed by atoms with Gasteiger partial charge in [-0.25, -0.2) is 9.59 Å². The van der Waals surface area contributed by atoms with Crippen LogP contribution in [0.1, 0.15) is 11.3 Å². The molecule has 5 nitrogen and oxygen atoms in total. The molecule has 35 heavy (non-hydrogen) atoms. The van der Waals surface area contributed by atoms with Crippen molar-refractivity contribution in [1.82, 2.24) is 0 Å². The summed E-state index contributed by atoms with van der Waals surface area (Å²) >= 11 is 0. The molecule has 172 valence electrons. The predicted octanol–water partition coefficient (Wildman–Crippen LogP) is 6.97. The summed E-state index contributed by atoms with van der Waals surface area (Å²) in [6.45, 7) is 6.77. The number of hydrogen-bond donors (Lipinski definition) is 0. The molecule has 0 N–H and O–H groups in total. The zero-order chi connectivity index (χ0) is 24.6. The van der Waals surface area contributed by atoms with Crippen LogP contribution in [0.15, 0.2) is 115 Å². The van der Waals surface area contributed by atoms with E-state index in [-0.39, 0.29) is 0 Å². The smallest absolute Gasteiger partial charge is 0.335 e. The minimum Gasteiger partial charge on any atom is -0.457 e. The molecule has 4 rings (SSSR count). The Hall–Kier alpha value is -4.90. The van der Waals surface area contributed by atoms with Crippen molar-refractivity contribution in [1.29, 1.82) is 0 Å². The molecule has 5 heteroatoms. The van der Waals surface area contributed by atoms with E-state index < -0.39 is 11.9 Å². The van der Waals surface area contributed by atoms with Crippen LogP contribution in [0.5, 0.6) is 11.5 Å². The molecule has 0 bridgehead atoms. The Morgan fingerprint density at radius 3 is 1.63 bits per heavy atom. The molecule has 1 aromatic heterocycles. The molecular weight excluding hydrogens is 440 g/mol. The van der Waals surface area contributed by atoms with E-state index in [2.05, 4.69) is 13.2 Å². The van der Waals surface area contributed by atoms with Gasteiger partial charge in [0.1, 0.15) is 23.0 Å². The number of carbonyl (C=O) groups is 2. The van der Waals surface area contributed by atoms with Crippen molar-refractivity contribution in [2.24, 2.45) is 0 Å². The van der Waals surface area contributed by atoms with Gasteiger partial charge in [-0.2, -0.15) is 0 Å². The van der Waals surface area contributed by atoms with Gasteiger partial charge in [0.05, 0.1) is 0 Å². The molecule has 0 aliphatic carbocycles. The summed E-state index contributed by atoms with van der Waals surface area (Å²) in [7, 11) is 0. The molecule has 1 heterocycles. The van der Waals surface area contributed by atoms with Crippen LogP contribution in [0.25, 0.3) is 34.6 Å². The van der Waals surface area contributed by atoms with E-state index in [1.54, 1.807) is 24.3 Å². The van der Waals surface area contributed by atoms with E-state index in [0.29, 0.717) is 11.5 Å². The van der Waals surface area contributed by atoms with Crippen LogP contribution in [-0.2, 0) is 9.59 Å². The largest absolute Gasteiger partial charge is 0.457 e. The number of rotatable bonds is 8. The Morgan fingerprint density at radius 1 is 0.600 bits per heavy atom. The van der Waals surface area contributed by atoms with Gasteiger partial charge < -0.3 is 13.9 Å². The predicted molar refractivity (Wildman–Crippen MR) is 137 cm³/mol. The van der Waals surface area contributed by atoms with Crippen molar-refractivity contribution in [2.75, 3.05) is 0 Å². The second kappa shape index (κ2) is 10.8. The third kappa shape index (κ3) is 6.12. The molecule has 0 radical (unpaired) electrons. The van der Waals surface area contributed by atoms with Crippen molar-refractivity contribution >= 4 is 24.1 Å². The van der Waals surface area contributed by atoms with Crippen molar-refractivity contribution in [3.8, 4) is 33.9 Å². The Bertz CT molecular complexity index is 1370. The Morgan fingerprint density at radius 2 is 1.09 bits per heavy atom. The molecule has 0 atom stereocenters. The molecule has 0 amide bonds. The molecule has 0 spiro atoms. The second-order valence-corrected chi connectivity index (χ2v) is 7.46. The van der Waals surface area contributed by atoms with E-state index >= 15 is 0 Å². The van der Waals surface area contributed by atoms with Gasteiger partial charge in [-0.05, 0) is 59.2 Å². The first-order valence-electron chi connectivity index (χ1n) is 10.8. The van der Waals surface area contributed by atoms with Gasteiger partial charge >= 0.3 is 11.9 Å². The van der Waals surface area contributed by atoms with Crippen molar-refractivity contribution < 1.29 is 23.5 Å². The first-order valence-corrected chi connectivity index (χ1v) is 10.8. The summed E-state index contributed by atoms with van der Waals surface area (Å²) in [5.74, 6) is 1.43. The lowest BCUT2D eigenvalue weighted by atomic mass is 10.0. The summed E-state index contributed by atoms with van der Waals surface area (Å²) in [4.78, 5) is 22.6. The first kappa shape index (κ1) is 23.3. The van der Waals surface area contributed by atoms with Crippen molar-refractivity contribution in [3.63, 3.8) is 0 Å². The number of esters is 2. The maximum absolute atomic E-state index is 11.3. The van der Waals surface area contributed by atoms with Crippen LogP contribution < -0.4 is 9.47 Å². The lowest BCUT2D eigenvalue weighted by Gasteiger charge is -2.05. The van der Waals surface area contributed by atoms with Gasteiger partial charge in [0.25, 0.3) is 0 Å². The van der Waals surface area contributed by atoms with Crippen LogP contribution in [0.2, 0.25) is 0 Å². The van der Waals surface area contributed by atoms with Gasteiger partial charge in [0, 0.05) is 17.7 Å². The van der Waals surface area contributed by atoms with Crippen molar-refractivity contribution in [2.45, 2.75) is 0 Å². The summed E-state index contributed by atoms with van der Waals surface area (Å²) < 4.78 is 16.1. The lowest BCUT2D eigenvalue weighted by molar-refractivity contribution is -0.129. The molecule has 0 fully saturated rings. The number of benzene rings is 3. The zero-order valence-electron chi connectivity index (χ0n) is 18.8. The molecular formula is C30H22O5. The second-order valence-electron chi connectivity index (χ2n) is 7.46. The topological polar surface area (TPSA) is 65.7 Å². The van der Waals surface area contributed by atoms with Crippen molar-refractivity contribution in [3.05, 3.63) is 122 Å². The molecule has 3 aromatic carbocycles. The quantitative estimate of drug-likeness (QED) is 0.161. The molecule has 0 saturated carbocycles. The number of hydrogen-bond acceptors (Lipinski definition) is 5. The van der Waals surface area contributed by atoms with Gasteiger partial charge in [0.15, 0.2) is 0 Å². The highest BCUT2D eigenvalue weighted by Crippen LogP contribution is 2.28. The zero-order valence-corrected chi connectivity index (χ0v) is 18.8. The van der Waals surface area contributed by atoms with E-state index in [1.165, 1.54) is 0 Å². The number of ether oxygens (including phenoxy) is 2. The fraction of sp³-hybridized carbons (Fsp3) is 0. The summed E-state index contributed by atoms with van der Waals surface area (Å²) in [5.41, 5.74) is 3.93. The summed E-state index contributed by atoms with van der Waals surface area (Å²) in [6, 6.07) is 26.3. The summed E-state index contributed by atoms with van der Waals surface area (Å²) in [6.07, 6.45) is 6.05. The van der Waals surface area contributed by atoms with E-state index in [4.69, 9.17) is 13.9 Å². The number of carbonyl (C=O) groups excluding carboxylic acids is 2. The van der Waals surface area contributed by atoms with Crippen LogP contribution in [-0.4, -0.2) is 11.9 Å². The van der Waals surface area contributed by atoms with Crippen LogP contribution in [0.3, 0.4) is 0 Å². The van der Waals surface area contributed by atoms with Gasteiger partial charge in [0.2, 0.25) is 0 Å². The highest BCUT2D eigenvalue weighted by atomic mass is 16.5. The third-order valence-electron chi connectivity index (χ3n) is 5.07. The third-order valence-corrected chi connectivity index (χ3v) is 5.07. The fourth-order valence-corrected chi connectivity index (χ4v) is 3.28. The monoisotopic (exact) mass is 462 g/mol. The Labute approximate surface area is 203 Å². The van der Waals surface area contributed by atoms with Gasteiger partial charge in [-0.15, -0.1) is 0 Å². The summed E-state index contributed by atoms with van der Waals surface area (Å²) in [5, 5.41) is 0. The van der Waals surface area contributed by atoms with E-state index in [0.717, 1.165) is 45.9 Å².